The van der Waals surface area contributed by atoms with Gasteiger partial charge in [0.05, 0.1) is 13.7 Å². The maximum absolute atomic E-state index is 7.21. The van der Waals surface area contributed by atoms with Gasteiger partial charge in [0.25, 0.3) is 0 Å². The molecule has 4 rings (SSSR count). The van der Waals surface area contributed by atoms with E-state index in [1.165, 1.54) is 22.9 Å². The van der Waals surface area contributed by atoms with E-state index in [9.17, 15) is 0 Å². The number of nitrogens with zero attached hydrogens (tertiary/aromatic N) is 1. The van der Waals surface area contributed by atoms with Gasteiger partial charge in [-0.05, 0) is 72.5 Å². The third-order valence-electron chi connectivity index (χ3n) is 5.32. The van der Waals surface area contributed by atoms with E-state index in [1.54, 1.807) is 7.11 Å². The molecule has 1 aliphatic carbocycles. The number of benzene rings is 2. The van der Waals surface area contributed by atoms with Crippen LogP contribution in [-0.2, 0) is 6.42 Å². The van der Waals surface area contributed by atoms with E-state index in [1.807, 2.05) is 30.3 Å². The summed E-state index contributed by atoms with van der Waals surface area (Å²) < 4.78 is 5.41. The highest BCUT2D eigenvalue weighted by atomic mass is 16.5. The summed E-state index contributed by atoms with van der Waals surface area (Å²) in [6.07, 6.45) is 4.32. The van der Waals surface area contributed by atoms with Crippen molar-refractivity contribution < 1.29 is 4.74 Å². The minimum Gasteiger partial charge on any atom is -0.496 e. The van der Waals surface area contributed by atoms with Crippen LogP contribution in [0.1, 0.15) is 23.5 Å². The highest BCUT2D eigenvalue weighted by Crippen LogP contribution is 2.49. The molecule has 2 N–H and O–H groups in total. The van der Waals surface area contributed by atoms with Crippen molar-refractivity contribution in [3.63, 3.8) is 0 Å². The van der Waals surface area contributed by atoms with Crippen LogP contribution in [0.2, 0.25) is 0 Å². The van der Waals surface area contributed by atoms with E-state index in [-0.39, 0.29) is 0 Å². The summed E-state index contributed by atoms with van der Waals surface area (Å²) in [5.74, 6) is 2.25. The normalized spacial score (nSPS) is 18.6. The van der Waals surface area contributed by atoms with Gasteiger partial charge in [0.2, 0.25) is 0 Å². The lowest BCUT2D eigenvalue weighted by Crippen LogP contribution is -2.20. The lowest BCUT2D eigenvalue weighted by molar-refractivity contribution is 0.409. The molecule has 26 heavy (non-hydrogen) atoms. The van der Waals surface area contributed by atoms with Gasteiger partial charge >= 0.3 is 0 Å². The van der Waals surface area contributed by atoms with Gasteiger partial charge in [-0.15, -0.1) is 0 Å². The first-order chi connectivity index (χ1) is 12.8. The number of aromatic amines is 1. The van der Waals surface area contributed by atoms with Gasteiger partial charge in [0.1, 0.15) is 5.75 Å². The number of aromatic nitrogens is 1. The van der Waals surface area contributed by atoms with Crippen molar-refractivity contribution in [2.45, 2.75) is 18.8 Å². The number of hydrogen-bond acceptors (Lipinski definition) is 2. The van der Waals surface area contributed by atoms with Crippen molar-refractivity contribution >= 4 is 16.6 Å². The first-order valence-corrected chi connectivity index (χ1v) is 9.11. The summed E-state index contributed by atoms with van der Waals surface area (Å²) in [5, 5.41) is 4.80. The molecule has 4 heteroatoms. The molecular formula is C22H23N3O. The summed E-state index contributed by atoms with van der Waals surface area (Å²) in [4.78, 5) is 6.90. The molecule has 0 amide bonds. The van der Waals surface area contributed by atoms with E-state index >= 15 is 0 Å². The third-order valence-corrected chi connectivity index (χ3v) is 5.32. The number of hydrogen-bond donors (Lipinski definition) is 2. The predicted octanol–water partition coefficient (Wildman–Crippen LogP) is 4.66. The zero-order chi connectivity index (χ0) is 17.9. The van der Waals surface area contributed by atoms with Crippen molar-refractivity contribution in [1.82, 2.24) is 10.3 Å². The lowest BCUT2D eigenvalue weighted by atomic mass is 10.1. The van der Waals surface area contributed by atoms with Crippen LogP contribution in [0.3, 0.4) is 0 Å². The molecule has 132 valence electrons. The topological polar surface area (TPSA) is 41.4 Å². The molecule has 1 aromatic heterocycles. The average molecular weight is 345 g/mol. The van der Waals surface area contributed by atoms with E-state index in [4.69, 9.17) is 11.3 Å². The van der Waals surface area contributed by atoms with Crippen LogP contribution in [0, 0.1) is 12.5 Å². The maximum atomic E-state index is 7.21. The quantitative estimate of drug-likeness (QED) is 0.483. The highest BCUT2D eigenvalue weighted by Gasteiger charge is 2.39. The van der Waals surface area contributed by atoms with Gasteiger partial charge in [-0.25, -0.2) is 4.85 Å². The molecule has 1 fully saturated rings. The summed E-state index contributed by atoms with van der Waals surface area (Å²) >= 11 is 0. The van der Waals surface area contributed by atoms with Gasteiger partial charge in [-0.2, -0.15) is 0 Å². The summed E-state index contributed by atoms with van der Waals surface area (Å²) in [7, 11) is 1.72. The second-order valence-electron chi connectivity index (χ2n) is 6.95. The zero-order valence-corrected chi connectivity index (χ0v) is 15.0. The lowest BCUT2D eigenvalue weighted by Gasteiger charge is -2.09. The average Bonchev–Trinajstić information content (AvgIpc) is 3.33. The number of para-hydroxylation sites is 1. The Morgan fingerprint density at radius 1 is 1.27 bits per heavy atom. The predicted molar refractivity (Wildman–Crippen MR) is 105 cm³/mol. The summed E-state index contributed by atoms with van der Waals surface area (Å²) in [6, 6.07) is 14.1. The molecule has 3 aromatic rings. The molecule has 2 unspecified atom stereocenters. The minimum atomic E-state index is 0.600. The molecule has 4 nitrogen and oxygen atoms in total. The van der Waals surface area contributed by atoms with Crippen molar-refractivity contribution in [2.24, 2.45) is 5.92 Å². The monoisotopic (exact) mass is 345 g/mol. The van der Waals surface area contributed by atoms with Gasteiger partial charge in [0, 0.05) is 11.7 Å². The zero-order valence-electron chi connectivity index (χ0n) is 15.0. The van der Waals surface area contributed by atoms with E-state index in [0.717, 1.165) is 30.8 Å². The third kappa shape index (κ3) is 3.31. The van der Waals surface area contributed by atoms with Crippen LogP contribution in [-0.4, -0.2) is 25.2 Å². The number of methoxy groups -OCH3 is 1. The molecule has 0 bridgehead atoms. The fraction of sp³-hybridized carbons (Fsp3) is 0.318. The molecule has 0 aliphatic heterocycles. The van der Waals surface area contributed by atoms with Crippen molar-refractivity contribution in [2.75, 3.05) is 20.2 Å². The van der Waals surface area contributed by atoms with Gasteiger partial charge in [-0.1, -0.05) is 24.3 Å². The fourth-order valence-electron chi connectivity index (χ4n) is 3.78. The van der Waals surface area contributed by atoms with Crippen LogP contribution < -0.4 is 10.1 Å². The van der Waals surface area contributed by atoms with Gasteiger partial charge < -0.3 is 15.0 Å². The molecular weight excluding hydrogens is 322 g/mol. The molecule has 1 saturated carbocycles. The van der Waals surface area contributed by atoms with Crippen molar-refractivity contribution in [3.8, 4) is 5.75 Å². The Hall–Kier alpha value is -2.77. The number of nitrogens with one attached hydrogen (secondary N) is 2. The Morgan fingerprint density at radius 3 is 3.00 bits per heavy atom. The van der Waals surface area contributed by atoms with Crippen LogP contribution >= 0.6 is 0 Å². The van der Waals surface area contributed by atoms with E-state index in [2.05, 4.69) is 33.5 Å². The molecule has 1 aliphatic rings. The first-order valence-electron chi connectivity index (χ1n) is 9.11. The Balaban J connectivity index is 1.32. The van der Waals surface area contributed by atoms with E-state index in [0.29, 0.717) is 17.5 Å². The van der Waals surface area contributed by atoms with Crippen LogP contribution in [0.4, 0.5) is 5.69 Å². The minimum absolute atomic E-state index is 0.600. The highest BCUT2D eigenvalue weighted by molar-refractivity contribution is 5.87. The first kappa shape index (κ1) is 16.7. The van der Waals surface area contributed by atoms with Crippen molar-refractivity contribution in [1.29, 1.82) is 0 Å². The molecule has 1 heterocycles. The van der Waals surface area contributed by atoms with Gasteiger partial charge in [0.15, 0.2) is 5.69 Å². The molecule has 0 saturated heterocycles. The van der Waals surface area contributed by atoms with E-state index < -0.39 is 0 Å². The standard InChI is InChI=1S/C22H23N3O/c1-23-17-7-8-21-19(12-17)20(14-25-21)18-11-16(18)13-24-10-9-15-5-3-4-6-22(15)26-2/h3-8,12,14,16,18,24-25H,9-11,13H2,2H3. The molecule has 0 radical (unpaired) electrons. The summed E-state index contributed by atoms with van der Waals surface area (Å²) in [6.45, 7) is 9.21. The smallest absolute Gasteiger partial charge is 0.187 e. The number of fused-ring (bicyclic) bond motifs is 1. The molecule has 2 atom stereocenters. The number of rotatable bonds is 7. The Bertz CT molecular complexity index is 953. The Kier molecular flexibility index (Phi) is 4.64. The Morgan fingerprint density at radius 2 is 2.15 bits per heavy atom. The summed E-state index contributed by atoms with van der Waals surface area (Å²) in [5.41, 5.74) is 4.45. The number of H-pyrrole nitrogens is 1. The van der Waals surface area contributed by atoms with Crippen LogP contribution in [0.25, 0.3) is 15.7 Å². The second-order valence-corrected chi connectivity index (χ2v) is 6.95. The Labute approximate surface area is 154 Å². The maximum Gasteiger partial charge on any atom is 0.187 e. The fourth-order valence-corrected chi connectivity index (χ4v) is 3.78. The molecule has 0 spiro atoms. The molecule has 2 aromatic carbocycles. The van der Waals surface area contributed by atoms with Crippen LogP contribution in [0.15, 0.2) is 48.7 Å². The largest absolute Gasteiger partial charge is 0.496 e. The van der Waals surface area contributed by atoms with Gasteiger partial charge in [-0.3, -0.25) is 0 Å². The SMILES string of the molecule is [C-]#[N+]c1ccc2[nH]cc(C3CC3CNCCc3ccccc3OC)c2c1. The van der Waals surface area contributed by atoms with Crippen molar-refractivity contribution in [3.05, 3.63) is 71.2 Å². The van der Waals surface area contributed by atoms with Crippen LogP contribution in [0.5, 0.6) is 5.75 Å². The number of ether oxygens (including phenoxy) is 1. The second kappa shape index (κ2) is 7.23.